The third-order valence-corrected chi connectivity index (χ3v) is 5.14. The highest BCUT2D eigenvalue weighted by molar-refractivity contribution is 5.82. The number of carbonyl (C=O) groups is 1. The molecule has 0 fully saturated rings. The van der Waals surface area contributed by atoms with Gasteiger partial charge in [0, 0.05) is 32.3 Å². The lowest BCUT2D eigenvalue weighted by Gasteiger charge is -2.33. The Bertz CT molecular complexity index is 1000. The van der Waals surface area contributed by atoms with Crippen LogP contribution in [0.15, 0.2) is 55.0 Å². The number of benzene rings is 1. The molecule has 1 amide bonds. The van der Waals surface area contributed by atoms with Crippen LogP contribution in [0.3, 0.4) is 0 Å². The molecule has 0 saturated heterocycles. The largest absolute Gasteiger partial charge is 0.416 e. The first-order valence-electron chi connectivity index (χ1n) is 9.49. The SMILES string of the molecule is O=C(NCc1ccc(C(F)(F)F)cc1)C1Cc2nc[nH]c2CN1Cc1ccccn1. The second-order valence-electron chi connectivity index (χ2n) is 7.19. The van der Waals surface area contributed by atoms with Crippen LogP contribution in [0.2, 0.25) is 0 Å². The van der Waals surface area contributed by atoms with E-state index in [2.05, 4.69) is 20.3 Å². The molecule has 3 aromatic rings. The van der Waals surface area contributed by atoms with Gasteiger partial charge in [-0.25, -0.2) is 4.98 Å². The van der Waals surface area contributed by atoms with E-state index in [1.54, 1.807) is 12.5 Å². The molecule has 9 heteroatoms. The van der Waals surface area contributed by atoms with Gasteiger partial charge in [0.15, 0.2) is 0 Å². The third kappa shape index (κ3) is 4.51. The van der Waals surface area contributed by atoms with Crippen LogP contribution in [0.25, 0.3) is 0 Å². The van der Waals surface area contributed by atoms with E-state index in [-0.39, 0.29) is 12.5 Å². The lowest BCUT2D eigenvalue weighted by molar-refractivity contribution is -0.137. The Kier molecular flexibility index (Phi) is 5.54. The maximum Gasteiger partial charge on any atom is 0.416 e. The molecule has 0 bridgehead atoms. The average molecular weight is 415 g/mol. The highest BCUT2D eigenvalue weighted by Gasteiger charge is 2.33. The minimum Gasteiger partial charge on any atom is -0.351 e. The second kappa shape index (κ2) is 8.27. The van der Waals surface area contributed by atoms with E-state index >= 15 is 0 Å². The predicted octanol–water partition coefficient (Wildman–Crippen LogP) is 3.07. The number of alkyl halides is 3. The summed E-state index contributed by atoms with van der Waals surface area (Å²) in [6.45, 7) is 1.18. The van der Waals surface area contributed by atoms with E-state index in [4.69, 9.17) is 0 Å². The highest BCUT2D eigenvalue weighted by Crippen LogP contribution is 2.29. The molecule has 0 saturated carbocycles. The first-order chi connectivity index (χ1) is 14.4. The van der Waals surface area contributed by atoms with Crippen LogP contribution in [0.1, 0.15) is 28.2 Å². The molecule has 1 unspecified atom stereocenters. The van der Waals surface area contributed by atoms with Gasteiger partial charge in [0.05, 0.1) is 35.0 Å². The van der Waals surface area contributed by atoms with Crippen LogP contribution >= 0.6 is 0 Å². The molecule has 0 radical (unpaired) electrons. The second-order valence-corrected chi connectivity index (χ2v) is 7.19. The van der Waals surface area contributed by atoms with Gasteiger partial charge >= 0.3 is 6.18 Å². The standard InChI is InChI=1S/C21H20F3N5O/c22-21(23,24)15-6-4-14(5-7-15)10-26-20(30)19-9-17-18(28-13-27-17)12-29(19)11-16-3-1-2-8-25-16/h1-8,13,19H,9-12H2,(H,26,30)(H,27,28). The molecule has 30 heavy (non-hydrogen) atoms. The Morgan fingerprint density at radius 3 is 2.67 bits per heavy atom. The van der Waals surface area contributed by atoms with Gasteiger partial charge in [0.2, 0.25) is 5.91 Å². The quantitative estimate of drug-likeness (QED) is 0.672. The van der Waals surface area contributed by atoms with E-state index < -0.39 is 17.8 Å². The van der Waals surface area contributed by atoms with Crippen LogP contribution in [0.5, 0.6) is 0 Å². The fourth-order valence-electron chi connectivity index (χ4n) is 3.53. The number of imidazole rings is 1. The average Bonchev–Trinajstić information content (AvgIpc) is 3.19. The Morgan fingerprint density at radius 2 is 1.97 bits per heavy atom. The van der Waals surface area contributed by atoms with E-state index in [1.165, 1.54) is 12.1 Å². The molecular formula is C21H20F3N5O. The number of nitrogens with one attached hydrogen (secondary N) is 2. The minimum atomic E-state index is -4.38. The van der Waals surface area contributed by atoms with Crippen molar-refractivity contribution in [3.05, 3.63) is 83.2 Å². The summed E-state index contributed by atoms with van der Waals surface area (Å²) in [6, 6.07) is 9.98. The number of nitrogens with zero attached hydrogens (tertiary/aromatic N) is 3. The van der Waals surface area contributed by atoms with Crippen LogP contribution in [-0.4, -0.2) is 31.8 Å². The molecule has 0 spiro atoms. The van der Waals surface area contributed by atoms with Crippen molar-refractivity contribution in [2.45, 2.75) is 38.3 Å². The smallest absolute Gasteiger partial charge is 0.351 e. The number of hydrogen-bond donors (Lipinski definition) is 2. The van der Waals surface area contributed by atoms with Gasteiger partial charge < -0.3 is 10.3 Å². The topological polar surface area (TPSA) is 73.9 Å². The van der Waals surface area contributed by atoms with Crippen LogP contribution in [0, 0.1) is 0 Å². The monoisotopic (exact) mass is 415 g/mol. The zero-order valence-corrected chi connectivity index (χ0v) is 16.0. The summed E-state index contributed by atoms with van der Waals surface area (Å²) >= 11 is 0. The highest BCUT2D eigenvalue weighted by atomic mass is 19.4. The van der Waals surface area contributed by atoms with Crippen molar-refractivity contribution in [1.82, 2.24) is 25.2 Å². The van der Waals surface area contributed by atoms with Crippen molar-refractivity contribution in [1.29, 1.82) is 0 Å². The van der Waals surface area contributed by atoms with Gasteiger partial charge in [-0.15, -0.1) is 0 Å². The zero-order valence-electron chi connectivity index (χ0n) is 16.0. The number of hydrogen-bond acceptors (Lipinski definition) is 4. The van der Waals surface area contributed by atoms with Gasteiger partial charge in [-0.2, -0.15) is 13.2 Å². The molecule has 6 nitrogen and oxygen atoms in total. The van der Waals surface area contributed by atoms with Gasteiger partial charge in [0.1, 0.15) is 0 Å². The maximum absolute atomic E-state index is 12.9. The van der Waals surface area contributed by atoms with Crippen molar-refractivity contribution in [2.75, 3.05) is 0 Å². The van der Waals surface area contributed by atoms with Crippen molar-refractivity contribution < 1.29 is 18.0 Å². The summed E-state index contributed by atoms with van der Waals surface area (Å²) in [6.07, 6.45) is -0.603. The fraction of sp³-hybridized carbons (Fsp3) is 0.286. The number of aromatic amines is 1. The number of halogens is 3. The lowest BCUT2D eigenvalue weighted by Crippen LogP contribution is -2.49. The van der Waals surface area contributed by atoms with Gasteiger partial charge in [-0.3, -0.25) is 14.7 Å². The summed E-state index contributed by atoms with van der Waals surface area (Å²) in [4.78, 5) is 26.7. The fourth-order valence-corrected chi connectivity index (χ4v) is 3.53. The molecule has 0 aliphatic carbocycles. The minimum absolute atomic E-state index is 0.151. The Morgan fingerprint density at radius 1 is 1.17 bits per heavy atom. The first-order valence-corrected chi connectivity index (χ1v) is 9.49. The number of H-pyrrole nitrogens is 1. The van der Waals surface area contributed by atoms with E-state index in [0.29, 0.717) is 25.1 Å². The normalized spacial score (nSPS) is 16.8. The van der Waals surface area contributed by atoms with Crippen LogP contribution < -0.4 is 5.32 Å². The van der Waals surface area contributed by atoms with Crippen molar-refractivity contribution in [3.8, 4) is 0 Å². The van der Waals surface area contributed by atoms with Gasteiger partial charge in [-0.1, -0.05) is 18.2 Å². The number of fused-ring (bicyclic) bond motifs is 1. The van der Waals surface area contributed by atoms with E-state index in [1.807, 2.05) is 23.1 Å². The molecule has 1 atom stereocenters. The molecule has 1 aliphatic rings. The maximum atomic E-state index is 12.9. The molecule has 4 rings (SSSR count). The Balaban J connectivity index is 1.45. The molecule has 1 aromatic carbocycles. The Labute approximate surface area is 171 Å². The molecular weight excluding hydrogens is 395 g/mol. The van der Waals surface area contributed by atoms with Crippen LogP contribution in [0.4, 0.5) is 13.2 Å². The van der Waals surface area contributed by atoms with Gasteiger partial charge in [-0.05, 0) is 29.8 Å². The van der Waals surface area contributed by atoms with Gasteiger partial charge in [0.25, 0.3) is 0 Å². The molecule has 156 valence electrons. The summed E-state index contributed by atoms with van der Waals surface area (Å²) < 4.78 is 38.1. The molecule has 1 aliphatic heterocycles. The van der Waals surface area contributed by atoms with E-state index in [9.17, 15) is 18.0 Å². The number of rotatable bonds is 5. The predicted molar refractivity (Wildman–Crippen MR) is 103 cm³/mol. The third-order valence-electron chi connectivity index (χ3n) is 5.14. The Hall–Kier alpha value is -3.20. The van der Waals surface area contributed by atoms with E-state index in [0.717, 1.165) is 29.2 Å². The molecule has 2 aromatic heterocycles. The lowest BCUT2D eigenvalue weighted by atomic mass is 10.0. The number of pyridine rings is 1. The summed E-state index contributed by atoms with van der Waals surface area (Å²) in [5.74, 6) is -0.195. The van der Waals surface area contributed by atoms with Crippen molar-refractivity contribution in [2.24, 2.45) is 0 Å². The summed E-state index contributed by atoms with van der Waals surface area (Å²) in [5.41, 5.74) is 2.56. The first kappa shape index (κ1) is 20.1. The molecule has 3 heterocycles. The van der Waals surface area contributed by atoms with Crippen molar-refractivity contribution in [3.63, 3.8) is 0 Å². The van der Waals surface area contributed by atoms with Crippen molar-refractivity contribution >= 4 is 5.91 Å². The summed E-state index contributed by atoms with van der Waals surface area (Å²) in [5, 5.41) is 2.85. The summed E-state index contributed by atoms with van der Waals surface area (Å²) in [7, 11) is 0. The number of amides is 1. The number of carbonyl (C=O) groups excluding carboxylic acids is 1. The zero-order chi connectivity index (χ0) is 21.1. The number of aromatic nitrogens is 3. The molecule has 2 N–H and O–H groups in total. The van der Waals surface area contributed by atoms with Crippen LogP contribution in [-0.2, 0) is 37.0 Å².